The lowest BCUT2D eigenvalue weighted by molar-refractivity contribution is 1.07. The van der Waals surface area contributed by atoms with E-state index in [-0.39, 0.29) is 0 Å². The maximum absolute atomic E-state index is 7.19. The Labute approximate surface area is 243 Å². The minimum atomic E-state index is 0.591. The van der Waals surface area contributed by atoms with Crippen molar-refractivity contribution in [3.8, 4) is 56.4 Å². The van der Waals surface area contributed by atoms with Crippen LogP contribution in [0.3, 0.4) is 0 Å². The van der Waals surface area contributed by atoms with Crippen LogP contribution in [0.2, 0.25) is 5.02 Å². The van der Waals surface area contributed by atoms with Crippen molar-refractivity contribution < 1.29 is 0 Å². The first-order valence-corrected chi connectivity index (χ1v) is 13.9. The van der Waals surface area contributed by atoms with Crippen LogP contribution >= 0.6 is 11.6 Å². The van der Waals surface area contributed by atoms with Crippen molar-refractivity contribution in [2.75, 3.05) is 0 Å². The van der Waals surface area contributed by atoms with E-state index in [1.54, 1.807) is 0 Å². The molecule has 1 aromatic heterocycles. The normalized spacial score (nSPS) is 11.0. The van der Waals surface area contributed by atoms with Gasteiger partial charge in [0.05, 0.1) is 5.02 Å². The number of rotatable bonds is 5. The molecule has 0 aliphatic carbocycles. The molecule has 194 valence electrons. The molecule has 0 spiro atoms. The minimum absolute atomic E-state index is 0.591. The van der Waals surface area contributed by atoms with Crippen molar-refractivity contribution in [3.05, 3.63) is 151 Å². The van der Waals surface area contributed by atoms with E-state index in [0.717, 1.165) is 44.3 Å². The third-order valence-corrected chi connectivity index (χ3v) is 7.58. The third-order valence-electron chi connectivity index (χ3n) is 7.18. The number of hydrogen-bond donors (Lipinski definition) is 0. The number of aromatic nitrogens is 3. The fourth-order valence-corrected chi connectivity index (χ4v) is 5.41. The molecule has 0 bridgehead atoms. The smallest absolute Gasteiger partial charge is 0.164 e. The molecule has 0 N–H and O–H groups in total. The van der Waals surface area contributed by atoms with Crippen LogP contribution in [0.4, 0.5) is 0 Å². The van der Waals surface area contributed by atoms with Gasteiger partial charge in [0.1, 0.15) is 0 Å². The van der Waals surface area contributed by atoms with Gasteiger partial charge in [-0.2, -0.15) is 0 Å². The highest BCUT2D eigenvalue weighted by molar-refractivity contribution is 6.36. The highest BCUT2D eigenvalue weighted by atomic mass is 35.5. The summed E-state index contributed by atoms with van der Waals surface area (Å²) in [6.45, 7) is 0. The van der Waals surface area contributed by atoms with Crippen LogP contribution in [0.15, 0.2) is 146 Å². The zero-order valence-electron chi connectivity index (χ0n) is 22.1. The maximum atomic E-state index is 7.19. The molecular weight excluding hydrogens is 522 g/mol. The van der Waals surface area contributed by atoms with Gasteiger partial charge in [-0.3, -0.25) is 0 Å². The van der Waals surface area contributed by atoms with Crippen LogP contribution in [0.5, 0.6) is 0 Å². The topological polar surface area (TPSA) is 38.7 Å². The average Bonchev–Trinajstić information content (AvgIpc) is 3.05. The summed E-state index contributed by atoms with van der Waals surface area (Å²) in [4.78, 5) is 14.8. The van der Waals surface area contributed by atoms with Gasteiger partial charge in [-0.05, 0) is 40.1 Å². The molecule has 1 heterocycles. The Balaban J connectivity index is 1.48. The van der Waals surface area contributed by atoms with E-state index in [1.807, 2.05) is 78.9 Å². The van der Waals surface area contributed by atoms with Gasteiger partial charge >= 0.3 is 0 Å². The number of halogens is 1. The van der Waals surface area contributed by atoms with E-state index >= 15 is 0 Å². The average molecular weight is 546 g/mol. The first-order valence-electron chi connectivity index (χ1n) is 13.5. The number of hydrogen-bond acceptors (Lipinski definition) is 3. The second-order valence-corrected chi connectivity index (χ2v) is 10.2. The van der Waals surface area contributed by atoms with Crippen molar-refractivity contribution in [2.24, 2.45) is 0 Å². The van der Waals surface area contributed by atoms with E-state index in [9.17, 15) is 0 Å². The predicted octanol–water partition coefficient (Wildman–Crippen LogP) is 10.0. The molecule has 4 heteroatoms. The molecule has 7 aromatic rings. The van der Waals surface area contributed by atoms with E-state index in [2.05, 4.69) is 66.7 Å². The van der Waals surface area contributed by atoms with Gasteiger partial charge in [-0.1, -0.05) is 139 Å². The van der Waals surface area contributed by atoms with Crippen LogP contribution in [0.25, 0.3) is 67.2 Å². The van der Waals surface area contributed by atoms with Gasteiger partial charge < -0.3 is 0 Å². The summed E-state index contributed by atoms with van der Waals surface area (Å²) in [5, 5.41) is 3.03. The van der Waals surface area contributed by atoms with Gasteiger partial charge in [0.25, 0.3) is 0 Å². The van der Waals surface area contributed by atoms with Crippen LogP contribution in [0.1, 0.15) is 0 Å². The number of fused-ring (bicyclic) bond motifs is 1. The van der Waals surface area contributed by atoms with Crippen LogP contribution < -0.4 is 0 Å². The summed E-state index contributed by atoms with van der Waals surface area (Å²) in [5.74, 6) is 1.84. The lowest BCUT2D eigenvalue weighted by Gasteiger charge is -2.15. The standard InChI is InChI=1S/C37H24ClN3/c38-34-32(26-13-4-1-5-14-26)23-31(24-33(34)30-21-20-25-12-10-11-19-29(25)22-30)37-40-35(27-15-6-2-7-16-27)39-36(41-37)28-17-8-3-9-18-28/h1-24H. The van der Waals surface area contributed by atoms with Crippen molar-refractivity contribution in [2.45, 2.75) is 0 Å². The summed E-state index contributed by atoms with van der Waals surface area (Å²) in [6.07, 6.45) is 0. The lowest BCUT2D eigenvalue weighted by atomic mass is 9.94. The van der Waals surface area contributed by atoms with Crippen LogP contribution in [-0.4, -0.2) is 15.0 Å². The van der Waals surface area contributed by atoms with Crippen molar-refractivity contribution >= 4 is 22.4 Å². The molecule has 0 aliphatic heterocycles. The zero-order valence-corrected chi connectivity index (χ0v) is 22.8. The molecule has 0 unspecified atom stereocenters. The van der Waals surface area contributed by atoms with Gasteiger partial charge in [0, 0.05) is 27.8 Å². The summed E-state index contributed by atoms with van der Waals surface area (Å²) in [7, 11) is 0. The highest BCUT2D eigenvalue weighted by Crippen LogP contribution is 2.41. The van der Waals surface area contributed by atoms with E-state index < -0.39 is 0 Å². The second-order valence-electron chi connectivity index (χ2n) is 9.85. The van der Waals surface area contributed by atoms with Crippen molar-refractivity contribution in [3.63, 3.8) is 0 Å². The second kappa shape index (κ2) is 10.8. The molecule has 41 heavy (non-hydrogen) atoms. The Morgan fingerprint density at radius 2 is 0.780 bits per heavy atom. The molecule has 0 saturated heterocycles. The van der Waals surface area contributed by atoms with Crippen LogP contribution in [-0.2, 0) is 0 Å². The SMILES string of the molecule is Clc1c(-c2ccccc2)cc(-c2nc(-c3ccccc3)nc(-c3ccccc3)n2)cc1-c1ccc2ccccc2c1. The lowest BCUT2D eigenvalue weighted by Crippen LogP contribution is -2.00. The molecular formula is C37H24ClN3. The Bertz CT molecular complexity index is 1930. The van der Waals surface area contributed by atoms with Crippen molar-refractivity contribution in [1.82, 2.24) is 15.0 Å². The molecule has 0 amide bonds. The van der Waals surface area contributed by atoms with Crippen molar-refractivity contribution in [1.29, 1.82) is 0 Å². The Kier molecular flexibility index (Phi) is 6.56. The molecule has 3 nitrogen and oxygen atoms in total. The fraction of sp³-hybridized carbons (Fsp3) is 0. The molecule has 0 radical (unpaired) electrons. The molecule has 0 saturated carbocycles. The van der Waals surface area contributed by atoms with Gasteiger partial charge in [0.15, 0.2) is 17.5 Å². The minimum Gasteiger partial charge on any atom is -0.208 e. The Morgan fingerprint density at radius 1 is 0.341 bits per heavy atom. The summed E-state index contributed by atoms with van der Waals surface area (Å²) in [6, 6.07) is 49.2. The van der Waals surface area contributed by atoms with E-state index in [4.69, 9.17) is 26.6 Å². The number of nitrogens with zero attached hydrogens (tertiary/aromatic N) is 3. The summed E-state index contributed by atoms with van der Waals surface area (Å²) >= 11 is 7.19. The van der Waals surface area contributed by atoms with Gasteiger partial charge in [0.2, 0.25) is 0 Å². The molecule has 0 fully saturated rings. The van der Waals surface area contributed by atoms with Crippen LogP contribution in [0, 0.1) is 0 Å². The molecule has 0 aliphatic rings. The first-order chi connectivity index (χ1) is 20.2. The largest absolute Gasteiger partial charge is 0.208 e. The Morgan fingerprint density at radius 3 is 1.34 bits per heavy atom. The Hall–Kier alpha value is -5.12. The summed E-state index contributed by atoms with van der Waals surface area (Å²) < 4.78 is 0. The third kappa shape index (κ3) is 5.00. The van der Waals surface area contributed by atoms with E-state index in [0.29, 0.717) is 22.5 Å². The zero-order chi connectivity index (χ0) is 27.6. The quantitative estimate of drug-likeness (QED) is 0.216. The maximum Gasteiger partial charge on any atom is 0.164 e. The molecule has 0 atom stereocenters. The van der Waals surface area contributed by atoms with Gasteiger partial charge in [-0.25, -0.2) is 15.0 Å². The monoisotopic (exact) mass is 545 g/mol. The first kappa shape index (κ1) is 24.9. The predicted molar refractivity (Wildman–Crippen MR) is 170 cm³/mol. The molecule has 6 aromatic carbocycles. The summed E-state index contributed by atoms with van der Waals surface area (Å²) in [5.41, 5.74) is 6.65. The number of benzene rings is 6. The highest BCUT2D eigenvalue weighted by Gasteiger charge is 2.18. The fourth-order valence-electron chi connectivity index (χ4n) is 5.09. The molecule has 7 rings (SSSR count). The van der Waals surface area contributed by atoms with Gasteiger partial charge in [-0.15, -0.1) is 0 Å². The van der Waals surface area contributed by atoms with E-state index in [1.165, 1.54) is 5.39 Å².